The zero-order valence-electron chi connectivity index (χ0n) is 10.0. The van der Waals surface area contributed by atoms with Crippen LogP contribution in [-0.4, -0.2) is 30.5 Å². The van der Waals surface area contributed by atoms with Crippen molar-refractivity contribution in [2.24, 2.45) is 0 Å². The number of methoxy groups -OCH3 is 1. The summed E-state index contributed by atoms with van der Waals surface area (Å²) in [6.07, 6.45) is 1.52. The molecular formula is C13H13FN2O2. The van der Waals surface area contributed by atoms with Gasteiger partial charge in [0.05, 0.1) is 13.2 Å². The van der Waals surface area contributed by atoms with Crippen LogP contribution in [0.4, 0.5) is 4.39 Å². The quantitative estimate of drug-likeness (QED) is 0.804. The third-order valence-electron chi connectivity index (χ3n) is 3.06. The van der Waals surface area contributed by atoms with Gasteiger partial charge < -0.3 is 9.64 Å². The number of nitrogens with zero attached hydrogens (tertiary/aromatic N) is 2. The Balaban J connectivity index is 2.26. The topological polar surface area (TPSA) is 53.3 Å². The summed E-state index contributed by atoms with van der Waals surface area (Å²) in [6.45, 7) is 0.566. The number of rotatable bonds is 2. The molecule has 1 aromatic rings. The van der Waals surface area contributed by atoms with Gasteiger partial charge in [-0.2, -0.15) is 5.26 Å². The van der Waals surface area contributed by atoms with Gasteiger partial charge in [-0.25, -0.2) is 4.39 Å². The first-order chi connectivity index (χ1) is 8.67. The smallest absolute Gasteiger partial charge is 0.255 e. The van der Waals surface area contributed by atoms with Gasteiger partial charge in [-0.3, -0.25) is 4.79 Å². The van der Waals surface area contributed by atoms with Crippen molar-refractivity contribution in [3.63, 3.8) is 0 Å². The van der Waals surface area contributed by atoms with E-state index in [1.165, 1.54) is 30.2 Å². The molecule has 0 bridgehead atoms. The Morgan fingerprint density at radius 3 is 3.06 bits per heavy atom. The van der Waals surface area contributed by atoms with E-state index in [2.05, 4.69) is 6.07 Å². The largest absolute Gasteiger partial charge is 0.494 e. The second-order valence-corrected chi connectivity index (χ2v) is 4.13. The lowest BCUT2D eigenvalue weighted by atomic mass is 10.1. The van der Waals surface area contributed by atoms with Gasteiger partial charge in [-0.05, 0) is 31.0 Å². The predicted molar refractivity (Wildman–Crippen MR) is 62.6 cm³/mol. The van der Waals surface area contributed by atoms with E-state index in [0.717, 1.165) is 6.42 Å². The number of amides is 1. The van der Waals surface area contributed by atoms with Crippen molar-refractivity contribution < 1.29 is 13.9 Å². The molecule has 4 nitrogen and oxygen atoms in total. The highest BCUT2D eigenvalue weighted by molar-refractivity contribution is 5.95. The van der Waals surface area contributed by atoms with Crippen LogP contribution < -0.4 is 4.74 Å². The minimum Gasteiger partial charge on any atom is -0.494 e. The van der Waals surface area contributed by atoms with E-state index in [1.54, 1.807) is 0 Å². The Morgan fingerprint density at radius 2 is 2.39 bits per heavy atom. The van der Waals surface area contributed by atoms with Gasteiger partial charge in [0.2, 0.25) is 0 Å². The normalized spacial score (nSPS) is 18.5. The minimum atomic E-state index is -0.507. The molecule has 1 fully saturated rings. The molecule has 0 N–H and O–H groups in total. The average molecular weight is 248 g/mol. The van der Waals surface area contributed by atoms with Gasteiger partial charge in [0.1, 0.15) is 6.04 Å². The van der Waals surface area contributed by atoms with Crippen LogP contribution in [0.15, 0.2) is 18.2 Å². The molecule has 18 heavy (non-hydrogen) atoms. The van der Waals surface area contributed by atoms with E-state index in [-0.39, 0.29) is 17.7 Å². The Hall–Kier alpha value is -2.09. The van der Waals surface area contributed by atoms with E-state index < -0.39 is 5.82 Å². The maximum atomic E-state index is 13.3. The van der Waals surface area contributed by atoms with Gasteiger partial charge in [0, 0.05) is 12.1 Å². The molecule has 1 aliphatic rings. The second kappa shape index (κ2) is 5.05. The first-order valence-corrected chi connectivity index (χ1v) is 5.71. The Kier molecular flexibility index (Phi) is 3.47. The van der Waals surface area contributed by atoms with Crippen LogP contribution in [0.25, 0.3) is 0 Å². The molecular weight excluding hydrogens is 235 g/mol. The van der Waals surface area contributed by atoms with Gasteiger partial charge in [0.25, 0.3) is 5.91 Å². The number of carbonyl (C=O) groups excluding carboxylic acids is 1. The summed E-state index contributed by atoms with van der Waals surface area (Å²) in [4.78, 5) is 13.7. The number of hydrogen-bond donors (Lipinski definition) is 0. The molecule has 1 amide bonds. The van der Waals surface area contributed by atoms with Gasteiger partial charge in [-0.1, -0.05) is 0 Å². The van der Waals surface area contributed by atoms with Crippen molar-refractivity contribution in [3.05, 3.63) is 29.6 Å². The average Bonchev–Trinajstić information content (AvgIpc) is 2.86. The molecule has 1 atom stereocenters. The van der Waals surface area contributed by atoms with Crippen molar-refractivity contribution in [2.45, 2.75) is 18.9 Å². The van der Waals surface area contributed by atoms with Crippen LogP contribution in [0.3, 0.4) is 0 Å². The van der Waals surface area contributed by atoms with Crippen LogP contribution >= 0.6 is 0 Å². The Labute approximate surface area is 105 Å². The molecule has 0 saturated carbocycles. The molecule has 1 aliphatic heterocycles. The fourth-order valence-corrected chi connectivity index (χ4v) is 2.10. The summed E-state index contributed by atoms with van der Waals surface area (Å²) in [5.74, 6) is -0.724. The Morgan fingerprint density at radius 1 is 1.61 bits per heavy atom. The van der Waals surface area contributed by atoms with Crippen molar-refractivity contribution in [1.29, 1.82) is 5.26 Å². The highest BCUT2D eigenvalue weighted by Gasteiger charge is 2.29. The SMILES string of the molecule is COc1cc(C(=O)N2CCCC2C#N)ccc1F. The summed E-state index contributed by atoms with van der Waals surface area (Å²) in [5.41, 5.74) is 0.343. The molecule has 0 spiro atoms. The molecule has 5 heteroatoms. The number of hydrogen-bond acceptors (Lipinski definition) is 3. The highest BCUT2D eigenvalue weighted by Crippen LogP contribution is 2.23. The summed E-state index contributed by atoms with van der Waals surface area (Å²) in [7, 11) is 1.35. The number of carbonyl (C=O) groups is 1. The number of nitriles is 1. The molecule has 1 unspecified atom stereocenters. The summed E-state index contributed by atoms with van der Waals surface area (Å²) < 4.78 is 18.1. The Bertz CT molecular complexity index is 510. The first-order valence-electron chi connectivity index (χ1n) is 5.71. The minimum absolute atomic E-state index is 0.0357. The number of halogens is 1. The first kappa shape index (κ1) is 12.4. The number of likely N-dealkylation sites (tertiary alicyclic amines) is 1. The summed E-state index contributed by atoms with van der Waals surface area (Å²) in [6, 6.07) is 5.70. The van der Waals surface area contributed by atoms with Crippen molar-refractivity contribution in [2.75, 3.05) is 13.7 Å². The predicted octanol–water partition coefficient (Wildman–Crippen LogP) is 1.96. The van der Waals surface area contributed by atoms with E-state index in [1.807, 2.05) is 0 Å². The molecule has 1 saturated heterocycles. The van der Waals surface area contributed by atoms with Crippen LogP contribution in [0.5, 0.6) is 5.75 Å². The summed E-state index contributed by atoms with van der Waals surface area (Å²) in [5, 5.41) is 8.95. The van der Waals surface area contributed by atoms with E-state index in [4.69, 9.17) is 10.00 Å². The molecule has 94 valence electrons. The second-order valence-electron chi connectivity index (χ2n) is 4.13. The monoisotopic (exact) mass is 248 g/mol. The highest BCUT2D eigenvalue weighted by atomic mass is 19.1. The third kappa shape index (κ3) is 2.14. The van der Waals surface area contributed by atoms with Crippen LogP contribution in [0.2, 0.25) is 0 Å². The maximum absolute atomic E-state index is 13.3. The third-order valence-corrected chi connectivity index (χ3v) is 3.06. The standard InChI is InChI=1S/C13H13FN2O2/c1-18-12-7-9(4-5-11(12)14)13(17)16-6-2-3-10(16)8-15/h4-5,7,10H,2-3,6H2,1H3. The lowest BCUT2D eigenvalue weighted by molar-refractivity contribution is 0.0764. The lowest BCUT2D eigenvalue weighted by Crippen LogP contribution is -2.34. The molecule has 0 radical (unpaired) electrons. The molecule has 2 rings (SSSR count). The van der Waals surface area contributed by atoms with Crippen LogP contribution in [0.1, 0.15) is 23.2 Å². The van der Waals surface area contributed by atoms with Gasteiger partial charge in [0.15, 0.2) is 11.6 Å². The van der Waals surface area contributed by atoms with E-state index in [0.29, 0.717) is 18.5 Å². The van der Waals surface area contributed by atoms with Crippen LogP contribution in [0, 0.1) is 17.1 Å². The van der Waals surface area contributed by atoms with E-state index >= 15 is 0 Å². The van der Waals surface area contributed by atoms with E-state index in [9.17, 15) is 9.18 Å². The number of benzene rings is 1. The molecule has 0 aromatic heterocycles. The number of ether oxygens (including phenoxy) is 1. The fraction of sp³-hybridized carbons (Fsp3) is 0.385. The molecule has 1 heterocycles. The zero-order valence-corrected chi connectivity index (χ0v) is 10.0. The zero-order chi connectivity index (χ0) is 13.1. The molecule has 1 aromatic carbocycles. The van der Waals surface area contributed by atoms with Crippen molar-refractivity contribution in [3.8, 4) is 11.8 Å². The lowest BCUT2D eigenvalue weighted by Gasteiger charge is -2.19. The fourth-order valence-electron chi connectivity index (χ4n) is 2.10. The maximum Gasteiger partial charge on any atom is 0.255 e. The van der Waals surface area contributed by atoms with Crippen LogP contribution in [-0.2, 0) is 0 Å². The summed E-state index contributed by atoms with van der Waals surface area (Å²) >= 11 is 0. The van der Waals surface area contributed by atoms with Crippen molar-refractivity contribution >= 4 is 5.91 Å². The van der Waals surface area contributed by atoms with Crippen molar-refractivity contribution in [1.82, 2.24) is 4.90 Å². The molecule has 0 aliphatic carbocycles. The van der Waals surface area contributed by atoms with Gasteiger partial charge in [-0.15, -0.1) is 0 Å². The van der Waals surface area contributed by atoms with Gasteiger partial charge >= 0.3 is 0 Å².